The van der Waals surface area contributed by atoms with Crippen LogP contribution in [0.1, 0.15) is 67.9 Å². The number of allylic oxidation sites excluding steroid dienone is 9. The van der Waals surface area contributed by atoms with Gasteiger partial charge in [-0.1, -0.05) is 170 Å². The number of nitrogens with two attached hydrogens (primary N) is 1. The Labute approximate surface area is 231 Å². The second kappa shape index (κ2) is 32.7. The van der Waals surface area contributed by atoms with Crippen molar-refractivity contribution in [2.24, 2.45) is 11.8 Å². The van der Waals surface area contributed by atoms with Crippen LogP contribution in [0.15, 0.2) is 134 Å². The molecule has 0 heterocycles. The standard InChI is InChI=1S/C10H16.C7H8.C7H10.C6H7N.C4H10.C2H6/c1-5-7-10(8-6-2)9(3)4;1-7-5-3-2-4-6-7;1-4-6-7(3)5-2;7-6-4-2-1-3-5-6;1-4(2)3;1-2/h5-9H,1H2,2-4H3;2-6H,1H3;4-6H,1-2H2,3H3;1-5H,7H2;4H,1-3H3;1-2H3/b8-6-,10-7+;;7-6-;;;. The molecular formula is C36H57N. The highest BCUT2D eigenvalue weighted by molar-refractivity contribution is 5.35. The van der Waals surface area contributed by atoms with Gasteiger partial charge in [-0.2, -0.15) is 0 Å². The number of aryl methyl sites for hydroxylation is 1. The molecule has 206 valence electrons. The molecule has 37 heavy (non-hydrogen) atoms. The average molecular weight is 504 g/mol. The third-order valence-electron chi connectivity index (χ3n) is 3.78. The number of nitrogen functional groups attached to an aromatic ring is 1. The van der Waals surface area contributed by atoms with Crippen LogP contribution in [0.5, 0.6) is 0 Å². The van der Waals surface area contributed by atoms with E-state index in [1.165, 1.54) is 11.1 Å². The van der Waals surface area contributed by atoms with Crippen LogP contribution < -0.4 is 5.73 Å². The minimum atomic E-state index is 0.592. The summed E-state index contributed by atoms with van der Waals surface area (Å²) in [5.41, 5.74) is 9.98. The molecule has 0 bridgehead atoms. The maximum atomic E-state index is 5.36. The van der Waals surface area contributed by atoms with E-state index in [0.717, 1.165) is 17.2 Å². The summed E-state index contributed by atoms with van der Waals surface area (Å²) in [7, 11) is 0. The van der Waals surface area contributed by atoms with Gasteiger partial charge in [0, 0.05) is 5.69 Å². The van der Waals surface area contributed by atoms with Crippen LogP contribution >= 0.6 is 0 Å². The average Bonchev–Trinajstić information content (AvgIpc) is 2.87. The highest BCUT2D eigenvalue weighted by Crippen LogP contribution is 2.10. The Morgan fingerprint density at radius 2 is 1.16 bits per heavy atom. The van der Waals surface area contributed by atoms with Gasteiger partial charge >= 0.3 is 0 Å². The second-order valence-corrected chi connectivity index (χ2v) is 8.71. The molecule has 2 rings (SSSR count). The quantitative estimate of drug-likeness (QED) is 0.318. The lowest BCUT2D eigenvalue weighted by Crippen LogP contribution is -1.88. The largest absolute Gasteiger partial charge is 0.399 e. The maximum absolute atomic E-state index is 5.36. The molecule has 0 saturated heterocycles. The Kier molecular flexibility index (Phi) is 36.1. The van der Waals surface area contributed by atoms with Gasteiger partial charge < -0.3 is 5.73 Å². The first-order valence-corrected chi connectivity index (χ1v) is 13.2. The third kappa shape index (κ3) is 40.1. The number of anilines is 1. The summed E-state index contributed by atoms with van der Waals surface area (Å²) in [5.74, 6) is 1.43. The van der Waals surface area contributed by atoms with Gasteiger partial charge in [-0.15, -0.1) is 0 Å². The van der Waals surface area contributed by atoms with Crippen molar-refractivity contribution in [3.05, 3.63) is 140 Å². The van der Waals surface area contributed by atoms with E-state index in [1.54, 1.807) is 12.2 Å². The molecule has 0 aliphatic heterocycles. The number of rotatable bonds is 5. The van der Waals surface area contributed by atoms with Crippen molar-refractivity contribution >= 4 is 5.69 Å². The van der Waals surface area contributed by atoms with E-state index in [4.69, 9.17) is 5.73 Å². The molecule has 0 fully saturated rings. The molecule has 2 aromatic rings. The van der Waals surface area contributed by atoms with Crippen LogP contribution in [0.3, 0.4) is 0 Å². The fraction of sp³-hybridized carbons (Fsp3) is 0.333. The van der Waals surface area contributed by atoms with E-state index in [2.05, 4.69) is 85.6 Å². The molecule has 0 aliphatic rings. The molecule has 0 aliphatic carbocycles. The predicted molar refractivity (Wildman–Crippen MR) is 176 cm³/mol. The number of hydrogen-bond donors (Lipinski definition) is 1. The second-order valence-electron chi connectivity index (χ2n) is 8.71. The lowest BCUT2D eigenvalue weighted by Gasteiger charge is -2.03. The van der Waals surface area contributed by atoms with Crippen LogP contribution in [0.4, 0.5) is 5.69 Å². The summed E-state index contributed by atoms with van der Waals surface area (Å²) in [6.07, 6.45) is 13.5. The lowest BCUT2D eigenvalue weighted by molar-refractivity contribution is 0.737. The van der Waals surface area contributed by atoms with Gasteiger partial charge in [0.05, 0.1) is 0 Å². The smallest absolute Gasteiger partial charge is 0.0313 e. The van der Waals surface area contributed by atoms with E-state index >= 15 is 0 Å². The lowest BCUT2D eigenvalue weighted by atomic mass is 10.0. The summed E-state index contributed by atoms with van der Waals surface area (Å²) < 4.78 is 0. The summed E-state index contributed by atoms with van der Waals surface area (Å²) in [6, 6.07) is 19.7. The predicted octanol–water partition coefficient (Wildman–Crippen LogP) is 11.6. The van der Waals surface area contributed by atoms with Crippen molar-refractivity contribution in [1.82, 2.24) is 0 Å². The zero-order valence-electron chi connectivity index (χ0n) is 25.7. The molecule has 0 aromatic heterocycles. The Morgan fingerprint density at radius 1 is 0.757 bits per heavy atom. The van der Waals surface area contributed by atoms with Gasteiger partial charge in [-0.25, -0.2) is 0 Å². The van der Waals surface area contributed by atoms with Gasteiger partial charge in [-0.05, 0) is 50.3 Å². The SMILES string of the molecule is C=C/C=C(/C)C=C.C=C/C=C(\C=C/C)C(C)C.CC.CC(C)C.Cc1ccccc1.Nc1ccccc1. The van der Waals surface area contributed by atoms with Crippen LogP contribution in [-0.2, 0) is 0 Å². The summed E-state index contributed by atoms with van der Waals surface area (Å²) in [6.45, 7) is 31.7. The molecule has 0 amide bonds. The first-order valence-electron chi connectivity index (χ1n) is 13.2. The molecule has 0 spiro atoms. The van der Waals surface area contributed by atoms with Crippen LogP contribution in [0, 0.1) is 18.8 Å². The number of para-hydroxylation sites is 1. The first-order chi connectivity index (χ1) is 17.5. The van der Waals surface area contributed by atoms with E-state index in [-0.39, 0.29) is 0 Å². The minimum absolute atomic E-state index is 0.592. The third-order valence-corrected chi connectivity index (χ3v) is 3.78. The molecule has 2 aromatic carbocycles. The maximum Gasteiger partial charge on any atom is 0.0313 e. The topological polar surface area (TPSA) is 26.0 Å². The first kappa shape index (κ1) is 40.8. The van der Waals surface area contributed by atoms with Crippen molar-refractivity contribution in [3.8, 4) is 0 Å². The van der Waals surface area contributed by atoms with Gasteiger partial charge in [0.1, 0.15) is 0 Å². The van der Waals surface area contributed by atoms with Gasteiger partial charge in [0.2, 0.25) is 0 Å². The van der Waals surface area contributed by atoms with Crippen molar-refractivity contribution in [2.45, 2.75) is 69.2 Å². The Morgan fingerprint density at radius 3 is 1.35 bits per heavy atom. The highest BCUT2D eigenvalue weighted by Gasteiger charge is 1.95. The van der Waals surface area contributed by atoms with E-state index < -0.39 is 0 Å². The molecule has 0 atom stereocenters. The minimum Gasteiger partial charge on any atom is -0.399 e. The van der Waals surface area contributed by atoms with Crippen molar-refractivity contribution in [1.29, 1.82) is 0 Å². The molecule has 0 saturated carbocycles. The fourth-order valence-electron chi connectivity index (χ4n) is 2.01. The van der Waals surface area contributed by atoms with E-state index in [9.17, 15) is 0 Å². The molecule has 1 nitrogen and oxygen atoms in total. The van der Waals surface area contributed by atoms with Crippen LogP contribution in [0.2, 0.25) is 0 Å². The zero-order valence-corrected chi connectivity index (χ0v) is 25.7. The summed E-state index contributed by atoms with van der Waals surface area (Å²) >= 11 is 0. The fourth-order valence-corrected chi connectivity index (χ4v) is 2.01. The Balaban J connectivity index is -0.000000185. The Bertz CT molecular complexity index is 794. The van der Waals surface area contributed by atoms with Crippen molar-refractivity contribution in [2.75, 3.05) is 5.73 Å². The number of benzene rings is 2. The van der Waals surface area contributed by atoms with Crippen molar-refractivity contribution < 1.29 is 0 Å². The summed E-state index contributed by atoms with van der Waals surface area (Å²) in [4.78, 5) is 0. The van der Waals surface area contributed by atoms with Crippen LogP contribution in [0.25, 0.3) is 0 Å². The normalized spacial score (nSPS) is 9.95. The van der Waals surface area contributed by atoms with Crippen LogP contribution in [-0.4, -0.2) is 0 Å². The molecule has 1 heteroatoms. The van der Waals surface area contributed by atoms with Crippen molar-refractivity contribution in [3.63, 3.8) is 0 Å². The number of hydrogen-bond acceptors (Lipinski definition) is 1. The summed E-state index contributed by atoms with van der Waals surface area (Å²) in [5, 5.41) is 0. The van der Waals surface area contributed by atoms with E-state index in [0.29, 0.717) is 5.92 Å². The zero-order chi connectivity index (χ0) is 29.5. The van der Waals surface area contributed by atoms with E-state index in [1.807, 2.05) is 94.5 Å². The Hall–Kier alpha value is -3.32. The molecule has 2 N–H and O–H groups in total. The van der Waals surface area contributed by atoms with Gasteiger partial charge in [0.15, 0.2) is 0 Å². The monoisotopic (exact) mass is 503 g/mol. The highest BCUT2D eigenvalue weighted by atomic mass is 14.5. The van der Waals surface area contributed by atoms with Gasteiger partial charge in [0.25, 0.3) is 0 Å². The van der Waals surface area contributed by atoms with Gasteiger partial charge in [-0.3, -0.25) is 0 Å². The molecule has 0 unspecified atom stereocenters. The molecule has 0 radical (unpaired) electrons. The molecular weight excluding hydrogens is 446 g/mol.